The maximum atomic E-state index is 13.0. The molecule has 1 saturated heterocycles. The minimum Gasteiger partial charge on any atom is -0.385 e. The van der Waals surface area contributed by atoms with Crippen LogP contribution in [-0.2, 0) is 17.9 Å². The van der Waals surface area contributed by atoms with Crippen molar-refractivity contribution < 1.29 is 14.1 Å². The number of urea groups is 1. The molecule has 4 rings (SSSR count). The number of carbonyl (C=O) groups is 2. The fourth-order valence-corrected chi connectivity index (χ4v) is 3.60. The quantitative estimate of drug-likeness (QED) is 0.604. The second-order valence-corrected chi connectivity index (χ2v) is 7.25. The molecular formula is C21H24N6O3. The standard InChI is InChI=1S/C21H24N6O3/c1-4-22-19-8-6-5-7-16(19)10-25-13-20(28)27(21(25)29)17-9-23-26(11-17)12-18-14(2)24-30-15(18)3/h5-9,11,22H,4,10,12-13H2,1-3H3. The van der Waals surface area contributed by atoms with Crippen molar-refractivity contribution in [3.8, 4) is 0 Å². The molecule has 1 aliphatic heterocycles. The largest absolute Gasteiger partial charge is 0.385 e. The first-order valence-corrected chi connectivity index (χ1v) is 9.85. The Morgan fingerprint density at radius 1 is 1.17 bits per heavy atom. The molecule has 1 N–H and O–H groups in total. The molecule has 0 atom stereocenters. The van der Waals surface area contributed by atoms with E-state index in [1.807, 2.05) is 45.0 Å². The Hall–Kier alpha value is -3.62. The summed E-state index contributed by atoms with van der Waals surface area (Å²) in [6, 6.07) is 7.45. The topological polar surface area (TPSA) is 96.5 Å². The van der Waals surface area contributed by atoms with E-state index in [9.17, 15) is 9.59 Å². The summed E-state index contributed by atoms with van der Waals surface area (Å²) < 4.78 is 6.86. The monoisotopic (exact) mass is 408 g/mol. The zero-order valence-corrected chi connectivity index (χ0v) is 17.3. The van der Waals surface area contributed by atoms with E-state index in [2.05, 4.69) is 15.6 Å². The van der Waals surface area contributed by atoms with E-state index in [1.165, 1.54) is 11.1 Å². The number of aromatic nitrogens is 3. The van der Waals surface area contributed by atoms with Crippen molar-refractivity contribution in [3.63, 3.8) is 0 Å². The third kappa shape index (κ3) is 3.66. The van der Waals surface area contributed by atoms with Gasteiger partial charge in [-0.1, -0.05) is 23.4 Å². The summed E-state index contributed by atoms with van der Waals surface area (Å²) in [5, 5.41) is 11.5. The minimum atomic E-state index is -0.344. The summed E-state index contributed by atoms with van der Waals surface area (Å²) in [4.78, 5) is 28.3. The smallest absolute Gasteiger partial charge is 0.332 e. The fraction of sp³-hybridized carbons (Fsp3) is 0.333. The second-order valence-electron chi connectivity index (χ2n) is 7.25. The number of imide groups is 1. The van der Waals surface area contributed by atoms with Gasteiger partial charge in [-0.25, -0.2) is 9.69 Å². The number of aryl methyl sites for hydroxylation is 2. The van der Waals surface area contributed by atoms with E-state index >= 15 is 0 Å². The summed E-state index contributed by atoms with van der Waals surface area (Å²) in [7, 11) is 0. The number of amides is 3. The molecular weight excluding hydrogens is 384 g/mol. The average Bonchev–Trinajstić information content (AvgIpc) is 3.38. The van der Waals surface area contributed by atoms with Crippen molar-refractivity contribution >= 4 is 23.3 Å². The number of rotatable bonds is 7. The maximum Gasteiger partial charge on any atom is 0.332 e. The van der Waals surface area contributed by atoms with Gasteiger partial charge in [0, 0.05) is 24.0 Å². The lowest BCUT2D eigenvalue weighted by Gasteiger charge is -2.18. The Bertz CT molecular complexity index is 1070. The molecule has 0 saturated carbocycles. The molecule has 3 heterocycles. The zero-order chi connectivity index (χ0) is 21.3. The predicted molar refractivity (Wildman–Crippen MR) is 111 cm³/mol. The first kappa shape index (κ1) is 19.7. The van der Waals surface area contributed by atoms with Gasteiger partial charge in [0.25, 0.3) is 5.91 Å². The lowest BCUT2D eigenvalue weighted by Crippen LogP contribution is -2.32. The number of hydrogen-bond acceptors (Lipinski definition) is 6. The molecule has 9 heteroatoms. The molecule has 0 aliphatic carbocycles. The van der Waals surface area contributed by atoms with Gasteiger partial charge in [0.05, 0.1) is 30.7 Å². The first-order valence-electron chi connectivity index (χ1n) is 9.85. The zero-order valence-electron chi connectivity index (χ0n) is 17.3. The van der Waals surface area contributed by atoms with Crippen LogP contribution in [0.5, 0.6) is 0 Å². The summed E-state index contributed by atoms with van der Waals surface area (Å²) in [5.41, 5.74) is 4.12. The van der Waals surface area contributed by atoms with Crippen LogP contribution in [0, 0.1) is 13.8 Å². The van der Waals surface area contributed by atoms with Crippen LogP contribution in [0.3, 0.4) is 0 Å². The highest BCUT2D eigenvalue weighted by Crippen LogP contribution is 2.25. The summed E-state index contributed by atoms with van der Waals surface area (Å²) in [5.74, 6) is 0.459. The molecule has 1 aliphatic rings. The van der Waals surface area contributed by atoms with Crippen LogP contribution in [0.2, 0.25) is 0 Å². The van der Waals surface area contributed by atoms with Crippen molar-refractivity contribution in [1.82, 2.24) is 19.8 Å². The van der Waals surface area contributed by atoms with Crippen LogP contribution in [0.25, 0.3) is 0 Å². The van der Waals surface area contributed by atoms with Crippen molar-refractivity contribution in [2.75, 3.05) is 23.3 Å². The van der Waals surface area contributed by atoms with Gasteiger partial charge < -0.3 is 14.7 Å². The van der Waals surface area contributed by atoms with Crippen molar-refractivity contribution in [3.05, 3.63) is 59.2 Å². The highest BCUT2D eigenvalue weighted by atomic mass is 16.5. The number of anilines is 2. The van der Waals surface area contributed by atoms with Crippen LogP contribution >= 0.6 is 0 Å². The number of para-hydroxylation sites is 1. The Labute approximate surface area is 174 Å². The van der Waals surface area contributed by atoms with Crippen molar-refractivity contribution in [1.29, 1.82) is 0 Å². The molecule has 1 fully saturated rings. The number of carbonyl (C=O) groups excluding carboxylic acids is 2. The summed E-state index contributed by atoms with van der Waals surface area (Å²) in [6.45, 7) is 7.36. The minimum absolute atomic E-state index is 0.0361. The highest BCUT2D eigenvalue weighted by molar-refractivity contribution is 6.19. The van der Waals surface area contributed by atoms with E-state index in [0.29, 0.717) is 18.8 Å². The average molecular weight is 408 g/mol. The normalized spacial score (nSPS) is 14.1. The predicted octanol–water partition coefficient (Wildman–Crippen LogP) is 2.94. The molecule has 1 aromatic carbocycles. The SMILES string of the molecule is CCNc1ccccc1CN1CC(=O)N(c2cnn(Cc3c(C)noc3C)c2)C1=O. The van der Waals surface area contributed by atoms with Crippen molar-refractivity contribution in [2.45, 2.75) is 33.9 Å². The highest BCUT2D eigenvalue weighted by Gasteiger charge is 2.38. The molecule has 0 radical (unpaired) electrons. The van der Waals surface area contributed by atoms with Gasteiger partial charge in [-0.05, 0) is 32.4 Å². The van der Waals surface area contributed by atoms with Gasteiger partial charge >= 0.3 is 6.03 Å². The van der Waals surface area contributed by atoms with Crippen LogP contribution < -0.4 is 10.2 Å². The van der Waals surface area contributed by atoms with Gasteiger partial charge in [-0.3, -0.25) is 9.48 Å². The molecule has 156 valence electrons. The van der Waals surface area contributed by atoms with E-state index in [-0.39, 0.29) is 18.5 Å². The number of hydrogen-bond donors (Lipinski definition) is 1. The van der Waals surface area contributed by atoms with Gasteiger partial charge in [0.15, 0.2) is 0 Å². The molecule has 0 bridgehead atoms. The maximum absolute atomic E-state index is 13.0. The summed E-state index contributed by atoms with van der Waals surface area (Å²) >= 11 is 0. The molecule has 9 nitrogen and oxygen atoms in total. The van der Waals surface area contributed by atoms with Gasteiger partial charge in [0.2, 0.25) is 0 Å². The molecule has 3 aromatic rings. The Balaban J connectivity index is 1.50. The summed E-state index contributed by atoms with van der Waals surface area (Å²) in [6.07, 6.45) is 3.22. The third-order valence-electron chi connectivity index (χ3n) is 5.16. The van der Waals surface area contributed by atoms with Crippen molar-refractivity contribution in [2.24, 2.45) is 0 Å². The van der Waals surface area contributed by atoms with Gasteiger partial charge in [0.1, 0.15) is 12.3 Å². The molecule has 0 unspecified atom stereocenters. The van der Waals surface area contributed by atoms with E-state index in [1.54, 1.807) is 15.8 Å². The van der Waals surface area contributed by atoms with Crippen LogP contribution in [0.4, 0.5) is 16.2 Å². The Morgan fingerprint density at radius 2 is 1.97 bits per heavy atom. The molecule has 3 amide bonds. The third-order valence-corrected chi connectivity index (χ3v) is 5.16. The van der Waals surface area contributed by atoms with Gasteiger partial charge in [-0.2, -0.15) is 5.10 Å². The van der Waals surface area contributed by atoms with Crippen LogP contribution in [0.15, 0.2) is 41.2 Å². The fourth-order valence-electron chi connectivity index (χ4n) is 3.60. The van der Waals surface area contributed by atoms with Gasteiger partial charge in [-0.15, -0.1) is 0 Å². The Morgan fingerprint density at radius 3 is 2.70 bits per heavy atom. The van der Waals surface area contributed by atoms with Crippen LogP contribution in [-0.4, -0.2) is 44.9 Å². The Kier molecular flexibility index (Phi) is 5.26. The molecule has 2 aromatic heterocycles. The lowest BCUT2D eigenvalue weighted by atomic mass is 10.1. The van der Waals surface area contributed by atoms with E-state index in [0.717, 1.165) is 34.8 Å². The van der Waals surface area contributed by atoms with Crippen LogP contribution in [0.1, 0.15) is 29.5 Å². The number of nitrogens with zero attached hydrogens (tertiary/aromatic N) is 5. The lowest BCUT2D eigenvalue weighted by molar-refractivity contribution is -0.116. The number of benzene rings is 1. The van der Waals surface area contributed by atoms with E-state index < -0.39 is 0 Å². The second kappa shape index (κ2) is 8.02. The molecule has 30 heavy (non-hydrogen) atoms. The van der Waals surface area contributed by atoms with E-state index in [4.69, 9.17) is 4.52 Å². The molecule has 0 spiro atoms. The number of nitrogens with one attached hydrogen (secondary N) is 1. The first-order chi connectivity index (χ1) is 14.5.